The van der Waals surface area contributed by atoms with Gasteiger partial charge in [-0.15, -0.1) is 0 Å². The summed E-state index contributed by atoms with van der Waals surface area (Å²) < 4.78 is 13.7. The molecule has 2 nitrogen and oxygen atoms in total. The zero-order valence-electron chi connectivity index (χ0n) is 18.2. The molecule has 0 bridgehead atoms. The van der Waals surface area contributed by atoms with E-state index in [1.54, 1.807) is 6.07 Å². The molecule has 0 aliphatic heterocycles. The molecule has 0 aliphatic rings. The van der Waals surface area contributed by atoms with Gasteiger partial charge in [0.05, 0.1) is 6.04 Å². The lowest BCUT2D eigenvalue weighted by Gasteiger charge is -2.21. The highest BCUT2D eigenvalue weighted by Gasteiger charge is 2.19. The third-order valence-corrected chi connectivity index (χ3v) is 5.42. The Morgan fingerprint density at radius 1 is 0.967 bits per heavy atom. The number of hydrogen-bond donors (Lipinski definition) is 1. The van der Waals surface area contributed by atoms with E-state index in [1.165, 1.54) is 23.3 Å². The predicted molar refractivity (Wildman–Crippen MR) is 123 cm³/mol. The summed E-state index contributed by atoms with van der Waals surface area (Å²) in [6.45, 7) is 8.58. The van der Waals surface area contributed by atoms with E-state index in [4.69, 9.17) is 0 Å². The molecule has 1 N–H and O–H groups in total. The highest BCUT2D eigenvalue weighted by Crippen LogP contribution is 2.27. The minimum atomic E-state index is -0.302. The average molecular weight is 404 g/mol. The number of carbonyl (C=O) groups is 1. The van der Waals surface area contributed by atoms with Gasteiger partial charge in [-0.25, -0.2) is 4.39 Å². The standard InChI is InChI=1S/C27H30FNO/c1-5-19-9-11-20(12-10-19)25(29-24-8-6-7-23(28)17-24)18-26(30)21-13-15-22(16-14-21)27(2,3)4/h6-17,25,29H,5,18H2,1-4H3. The molecule has 0 saturated carbocycles. The van der Waals surface area contributed by atoms with Crippen molar-refractivity contribution in [2.45, 2.75) is 52.0 Å². The number of carbonyl (C=O) groups excluding carboxylic acids is 1. The van der Waals surface area contributed by atoms with Crippen LogP contribution in [0.25, 0.3) is 0 Å². The normalized spacial score (nSPS) is 12.4. The summed E-state index contributed by atoms with van der Waals surface area (Å²) in [4.78, 5) is 13.1. The minimum Gasteiger partial charge on any atom is -0.378 e. The van der Waals surface area contributed by atoms with E-state index in [-0.39, 0.29) is 29.5 Å². The van der Waals surface area contributed by atoms with Crippen LogP contribution in [0, 0.1) is 5.82 Å². The Morgan fingerprint density at radius 2 is 1.63 bits per heavy atom. The number of nitrogens with one attached hydrogen (secondary N) is 1. The largest absolute Gasteiger partial charge is 0.378 e. The molecule has 30 heavy (non-hydrogen) atoms. The lowest BCUT2D eigenvalue weighted by molar-refractivity contribution is 0.0976. The van der Waals surface area contributed by atoms with Crippen LogP contribution in [0.15, 0.2) is 72.8 Å². The molecule has 156 valence electrons. The molecule has 0 spiro atoms. The number of anilines is 1. The molecule has 0 aromatic heterocycles. The van der Waals surface area contributed by atoms with Crippen LogP contribution in [0.5, 0.6) is 0 Å². The van der Waals surface area contributed by atoms with Crippen LogP contribution in [-0.2, 0) is 11.8 Å². The van der Waals surface area contributed by atoms with Crippen LogP contribution >= 0.6 is 0 Å². The zero-order valence-corrected chi connectivity index (χ0v) is 18.2. The van der Waals surface area contributed by atoms with Crippen molar-refractivity contribution in [3.8, 4) is 0 Å². The van der Waals surface area contributed by atoms with Crippen LogP contribution in [0.4, 0.5) is 10.1 Å². The monoisotopic (exact) mass is 403 g/mol. The Kier molecular flexibility index (Phi) is 6.71. The second kappa shape index (κ2) is 9.25. The Morgan fingerprint density at radius 3 is 2.20 bits per heavy atom. The molecular weight excluding hydrogens is 373 g/mol. The molecule has 0 aliphatic carbocycles. The van der Waals surface area contributed by atoms with Crippen molar-refractivity contribution >= 4 is 11.5 Å². The van der Waals surface area contributed by atoms with Gasteiger partial charge in [-0.05, 0) is 46.7 Å². The first-order valence-corrected chi connectivity index (χ1v) is 10.5. The fourth-order valence-electron chi connectivity index (χ4n) is 3.48. The molecule has 0 amide bonds. The summed E-state index contributed by atoms with van der Waals surface area (Å²) in [5.74, 6) is -0.242. The first-order valence-electron chi connectivity index (χ1n) is 10.5. The first kappa shape index (κ1) is 21.8. The molecule has 0 fully saturated rings. The van der Waals surface area contributed by atoms with Crippen molar-refractivity contribution in [2.24, 2.45) is 0 Å². The Bertz CT molecular complexity index is 985. The van der Waals surface area contributed by atoms with Gasteiger partial charge in [-0.2, -0.15) is 0 Å². The van der Waals surface area contributed by atoms with Crippen molar-refractivity contribution in [1.82, 2.24) is 0 Å². The van der Waals surface area contributed by atoms with Gasteiger partial charge >= 0.3 is 0 Å². The van der Waals surface area contributed by atoms with Gasteiger partial charge in [0.1, 0.15) is 5.82 Å². The molecule has 3 aromatic rings. The molecule has 0 radical (unpaired) electrons. The summed E-state index contributed by atoms with van der Waals surface area (Å²) in [5.41, 5.74) is 4.85. The van der Waals surface area contributed by atoms with E-state index in [0.717, 1.165) is 12.0 Å². The maximum Gasteiger partial charge on any atom is 0.165 e. The average Bonchev–Trinajstić information content (AvgIpc) is 2.73. The molecule has 3 rings (SSSR count). The third kappa shape index (κ3) is 5.56. The fraction of sp³-hybridized carbons (Fsp3) is 0.296. The second-order valence-electron chi connectivity index (χ2n) is 8.76. The Balaban J connectivity index is 1.84. The van der Waals surface area contributed by atoms with Gasteiger partial charge in [-0.3, -0.25) is 4.79 Å². The summed E-state index contributed by atoms with van der Waals surface area (Å²) in [6, 6.07) is 22.2. The summed E-state index contributed by atoms with van der Waals surface area (Å²) in [6.07, 6.45) is 1.25. The van der Waals surface area contributed by atoms with E-state index in [1.807, 2.05) is 42.5 Å². The fourth-order valence-corrected chi connectivity index (χ4v) is 3.48. The van der Waals surface area contributed by atoms with Crippen molar-refractivity contribution in [3.63, 3.8) is 0 Å². The molecule has 3 heteroatoms. The quantitative estimate of drug-likeness (QED) is 0.426. The SMILES string of the molecule is CCc1ccc(C(CC(=O)c2ccc(C(C)(C)C)cc2)Nc2cccc(F)c2)cc1. The number of aryl methyl sites for hydroxylation is 1. The van der Waals surface area contributed by atoms with E-state index in [9.17, 15) is 9.18 Å². The number of halogens is 1. The van der Waals surface area contributed by atoms with Gasteiger partial charge in [0, 0.05) is 17.7 Å². The van der Waals surface area contributed by atoms with Crippen LogP contribution < -0.4 is 5.32 Å². The number of benzene rings is 3. The summed E-state index contributed by atoms with van der Waals surface area (Å²) in [5, 5.41) is 3.35. The van der Waals surface area contributed by atoms with E-state index in [2.05, 4.69) is 45.1 Å². The summed E-state index contributed by atoms with van der Waals surface area (Å²) >= 11 is 0. The number of hydrogen-bond acceptors (Lipinski definition) is 2. The smallest absolute Gasteiger partial charge is 0.165 e. The number of ketones is 1. The van der Waals surface area contributed by atoms with Gasteiger partial charge in [-0.1, -0.05) is 82.3 Å². The molecule has 1 atom stereocenters. The summed E-state index contributed by atoms with van der Waals surface area (Å²) in [7, 11) is 0. The van der Waals surface area contributed by atoms with Crippen molar-refractivity contribution in [1.29, 1.82) is 0 Å². The third-order valence-electron chi connectivity index (χ3n) is 5.42. The molecular formula is C27H30FNO. The highest BCUT2D eigenvalue weighted by atomic mass is 19.1. The van der Waals surface area contributed by atoms with Crippen LogP contribution in [0.3, 0.4) is 0 Å². The maximum atomic E-state index is 13.7. The lowest BCUT2D eigenvalue weighted by Crippen LogP contribution is -2.16. The van der Waals surface area contributed by atoms with Gasteiger partial charge in [0.15, 0.2) is 5.78 Å². The van der Waals surface area contributed by atoms with Crippen LogP contribution in [-0.4, -0.2) is 5.78 Å². The lowest BCUT2D eigenvalue weighted by atomic mass is 9.86. The van der Waals surface area contributed by atoms with E-state index in [0.29, 0.717) is 11.3 Å². The molecule has 0 heterocycles. The zero-order chi connectivity index (χ0) is 21.7. The molecule has 0 saturated heterocycles. The highest BCUT2D eigenvalue weighted by molar-refractivity contribution is 5.96. The van der Waals surface area contributed by atoms with E-state index < -0.39 is 0 Å². The Labute approximate surface area is 179 Å². The van der Waals surface area contributed by atoms with Gasteiger partial charge in [0.2, 0.25) is 0 Å². The van der Waals surface area contributed by atoms with Crippen molar-refractivity contribution < 1.29 is 9.18 Å². The molecule has 3 aromatic carbocycles. The minimum absolute atomic E-state index is 0.0457. The van der Waals surface area contributed by atoms with Crippen LogP contribution in [0.2, 0.25) is 0 Å². The maximum absolute atomic E-state index is 13.7. The first-order chi connectivity index (χ1) is 14.3. The van der Waals surface area contributed by atoms with Gasteiger partial charge < -0.3 is 5.32 Å². The number of Topliss-reactive ketones (excluding diaryl/α,β-unsaturated/α-hetero) is 1. The Hall–Kier alpha value is -2.94. The van der Waals surface area contributed by atoms with Crippen LogP contribution in [0.1, 0.15) is 67.2 Å². The molecule has 1 unspecified atom stereocenters. The second-order valence-corrected chi connectivity index (χ2v) is 8.76. The van der Waals surface area contributed by atoms with Crippen molar-refractivity contribution in [2.75, 3.05) is 5.32 Å². The van der Waals surface area contributed by atoms with Gasteiger partial charge in [0.25, 0.3) is 0 Å². The predicted octanol–water partition coefficient (Wildman–Crippen LogP) is 7.11. The van der Waals surface area contributed by atoms with Crippen molar-refractivity contribution in [3.05, 3.63) is 101 Å². The number of rotatable bonds is 7. The topological polar surface area (TPSA) is 29.1 Å². The van der Waals surface area contributed by atoms with E-state index >= 15 is 0 Å².